The fraction of sp³-hybridized carbons (Fsp3) is 0.727. The van der Waals surface area contributed by atoms with Gasteiger partial charge in [-0.25, -0.2) is 16.8 Å². The third kappa shape index (κ3) is 30.9. The standard InChI is InChI=1S/2C22H38O3S.Mg/c2*1-2-3-4-5-6-7-8-9-10-11-12-13-14-15-17-21-18-16-19-22(20-21)26(23,24)25;/h2*16,18-20H,2-15,17H2,1H3,(H,23,24,25);/q;;+2/p-2. The summed E-state index contributed by atoms with van der Waals surface area (Å²) in [6, 6.07) is 12.9. The van der Waals surface area contributed by atoms with E-state index in [0.29, 0.717) is 0 Å². The van der Waals surface area contributed by atoms with Crippen molar-refractivity contribution >= 4 is 43.3 Å². The van der Waals surface area contributed by atoms with E-state index in [4.69, 9.17) is 0 Å². The predicted octanol–water partition coefficient (Wildman–Crippen LogP) is 12.8. The first kappa shape index (κ1) is 52.0. The largest absolute Gasteiger partial charge is 2.00 e. The molecule has 0 spiro atoms. The fourth-order valence-electron chi connectivity index (χ4n) is 6.76. The first-order valence-electron chi connectivity index (χ1n) is 21.2. The molecule has 0 bridgehead atoms. The van der Waals surface area contributed by atoms with Gasteiger partial charge in [0.15, 0.2) is 0 Å². The van der Waals surface area contributed by atoms with Gasteiger partial charge in [0.25, 0.3) is 0 Å². The van der Waals surface area contributed by atoms with E-state index in [1.54, 1.807) is 12.1 Å². The first-order chi connectivity index (χ1) is 25.1. The Morgan fingerprint density at radius 3 is 0.830 bits per heavy atom. The van der Waals surface area contributed by atoms with Crippen LogP contribution in [0.1, 0.15) is 205 Å². The summed E-state index contributed by atoms with van der Waals surface area (Å²) in [6.45, 7) is 4.53. The number of benzene rings is 2. The maximum absolute atomic E-state index is 11.0. The third-order valence-corrected chi connectivity index (χ3v) is 11.7. The van der Waals surface area contributed by atoms with Crippen molar-refractivity contribution in [3.63, 3.8) is 0 Å². The van der Waals surface area contributed by atoms with E-state index >= 15 is 0 Å². The van der Waals surface area contributed by atoms with Crippen molar-refractivity contribution < 1.29 is 25.9 Å². The number of unbranched alkanes of at least 4 members (excludes halogenated alkanes) is 26. The van der Waals surface area contributed by atoms with Crippen LogP contribution < -0.4 is 0 Å². The van der Waals surface area contributed by atoms with Crippen LogP contribution in [0.25, 0.3) is 0 Å². The van der Waals surface area contributed by atoms with Crippen LogP contribution >= 0.6 is 0 Å². The van der Waals surface area contributed by atoms with Crippen LogP contribution in [0.5, 0.6) is 0 Å². The Hall–Kier alpha value is -0.974. The molecule has 0 atom stereocenters. The summed E-state index contributed by atoms with van der Waals surface area (Å²) >= 11 is 0. The van der Waals surface area contributed by atoms with E-state index in [2.05, 4.69) is 13.8 Å². The van der Waals surface area contributed by atoms with Gasteiger partial charge in [0.05, 0.1) is 9.79 Å². The molecule has 0 radical (unpaired) electrons. The van der Waals surface area contributed by atoms with Crippen molar-refractivity contribution in [3.05, 3.63) is 59.7 Å². The Kier molecular flexibility index (Phi) is 33.7. The van der Waals surface area contributed by atoms with E-state index < -0.39 is 20.2 Å². The third-order valence-electron chi connectivity index (χ3n) is 10.0. The monoisotopic (exact) mass is 786 g/mol. The normalized spacial score (nSPS) is 11.5. The number of hydrogen-bond acceptors (Lipinski definition) is 6. The van der Waals surface area contributed by atoms with Crippen molar-refractivity contribution in [1.82, 2.24) is 0 Å². The molecule has 2 aromatic rings. The second-order valence-electron chi connectivity index (χ2n) is 14.9. The Morgan fingerprint density at radius 1 is 0.377 bits per heavy atom. The van der Waals surface area contributed by atoms with Crippen molar-refractivity contribution in [2.24, 2.45) is 0 Å². The number of aryl methyl sites for hydroxylation is 2. The van der Waals surface area contributed by atoms with Crippen LogP contribution in [0, 0.1) is 0 Å². The minimum Gasteiger partial charge on any atom is -0.744 e. The smallest absolute Gasteiger partial charge is 0.744 e. The van der Waals surface area contributed by atoms with Crippen molar-refractivity contribution in [1.29, 1.82) is 0 Å². The van der Waals surface area contributed by atoms with Crippen molar-refractivity contribution in [2.45, 2.75) is 216 Å². The summed E-state index contributed by atoms with van der Waals surface area (Å²) in [5.74, 6) is 0. The summed E-state index contributed by atoms with van der Waals surface area (Å²) in [5, 5.41) is 0. The Bertz CT molecular complexity index is 1240. The van der Waals surface area contributed by atoms with Gasteiger partial charge in [0.2, 0.25) is 0 Å². The molecule has 6 nitrogen and oxygen atoms in total. The zero-order chi connectivity index (χ0) is 38.2. The molecule has 0 fully saturated rings. The van der Waals surface area contributed by atoms with Crippen molar-refractivity contribution in [2.75, 3.05) is 0 Å². The molecule has 0 aliphatic heterocycles. The molecule has 0 aromatic heterocycles. The quantitative estimate of drug-likeness (QED) is 0.0414. The molecule has 0 saturated carbocycles. The molecular weight excluding hydrogens is 713 g/mol. The molecule has 0 amide bonds. The van der Waals surface area contributed by atoms with Gasteiger partial charge in [0, 0.05) is 0 Å². The zero-order valence-corrected chi connectivity index (χ0v) is 36.9. The Morgan fingerprint density at radius 2 is 0.604 bits per heavy atom. The minimum atomic E-state index is -4.33. The fourth-order valence-corrected chi connectivity index (χ4v) is 7.84. The van der Waals surface area contributed by atoms with Gasteiger partial charge < -0.3 is 9.11 Å². The number of rotatable bonds is 32. The number of hydrogen-bond donors (Lipinski definition) is 0. The van der Waals surface area contributed by atoms with Crippen LogP contribution in [0.2, 0.25) is 0 Å². The molecule has 0 aliphatic carbocycles. The zero-order valence-electron chi connectivity index (χ0n) is 33.8. The second-order valence-corrected chi connectivity index (χ2v) is 17.7. The average molecular weight is 788 g/mol. The Balaban J connectivity index is 0.00000100. The van der Waals surface area contributed by atoms with Gasteiger partial charge in [-0.2, -0.15) is 0 Å². The molecule has 0 N–H and O–H groups in total. The van der Waals surface area contributed by atoms with E-state index in [1.165, 1.54) is 191 Å². The van der Waals surface area contributed by atoms with Crippen LogP contribution in [0.4, 0.5) is 0 Å². The van der Waals surface area contributed by atoms with Gasteiger partial charge >= 0.3 is 23.1 Å². The first-order valence-corrected chi connectivity index (χ1v) is 24.0. The van der Waals surface area contributed by atoms with Gasteiger partial charge in [-0.3, -0.25) is 0 Å². The summed E-state index contributed by atoms with van der Waals surface area (Å²) in [4.78, 5) is -0.222. The predicted molar refractivity (Wildman–Crippen MR) is 223 cm³/mol. The van der Waals surface area contributed by atoms with E-state index in [1.807, 2.05) is 12.1 Å². The summed E-state index contributed by atoms with van der Waals surface area (Å²) in [5.41, 5.74) is 1.89. The van der Waals surface area contributed by atoms with Gasteiger partial charge in [-0.1, -0.05) is 205 Å². The summed E-state index contributed by atoms with van der Waals surface area (Å²) in [7, 11) is -8.67. The van der Waals surface area contributed by atoms with Crippen molar-refractivity contribution in [3.8, 4) is 0 Å². The maximum Gasteiger partial charge on any atom is 2.00 e. The summed E-state index contributed by atoms with van der Waals surface area (Å²) < 4.78 is 66.2. The second kappa shape index (κ2) is 34.3. The van der Waals surface area contributed by atoms with E-state index in [-0.39, 0.29) is 32.8 Å². The molecule has 300 valence electrons. The molecule has 0 aliphatic rings. The molecule has 53 heavy (non-hydrogen) atoms. The van der Waals surface area contributed by atoms with Crippen LogP contribution in [-0.4, -0.2) is 49.0 Å². The molecule has 0 unspecified atom stereocenters. The average Bonchev–Trinajstić information content (AvgIpc) is 3.12. The van der Waals surface area contributed by atoms with Crippen LogP contribution in [-0.2, 0) is 33.1 Å². The molecular formula is C44H74MgO6S2. The van der Waals surface area contributed by atoms with Gasteiger partial charge in [-0.15, -0.1) is 0 Å². The SMILES string of the molecule is CCCCCCCCCCCCCCCCc1cccc(S(=O)(=O)[O-])c1.CCCCCCCCCCCCCCCCc1cccc(S(=O)(=O)[O-])c1.[Mg+2]. The minimum absolute atomic E-state index is 0. The topological polar surface area (TPSA) is 114 Å². The van der Waals surface area contributed by atoms with Crippen LogP contribution in [0.15, 0.2) is 58.3 Å². The van der Waals surface area contributed by atoms with Gasteiger partial charge in [0.1, 0.15) is 20.2 Å². The summed E-state index contributed by atoms with van der Waals surface area (Å²) in [6.07, 6.45) is 38.9. The van der Waals surface area contributed by atoms with E-state index in [0.717, 1.165) is 36.8 Å². The molecule has 0 saturated heterocycles. The molecule has 2 aromatic carbocycles. The Labute approximate surface area is 343 Å². The molecule has 0 heterocycles. The van der Waals surface area contributed by atoms with Crippen LogP contribution in [0.3, 0.4) is 0 Å². The molecule has 9 heteroatoms. The van der Waals surface area contributed by atoms with E-state index in [9.17, 15) is 25.9 Å². The van der Waals surface area contributed by atoms with Gasteiger partial charge in [-0.05, 0) is 61.1 Å². The maximum atomic E-state index is 11.0. The molecule has 2 rings (SSSR count).